The van der Waals surface area contributed by atoms with E-state index < -0.39 is 36.6 Å². The van der Waals surface area contributed by atoms with Crippen molar-refractivity contribution in [3.05, 3.63) is 46.0 Å². The van der Waals surface area contributed by atoms with Crippen molar-refractivity contribution in [3.8, 4) is 11.5 Å². The molecule has 0 heterocycles. The Morgan fingerprint density at radius 2 is 1.73 bits per heavy atom. The van der Waals surface area contributed by atoms with Crippen LogP contribution >= 0.6 is 11.6 Å². The molecule has 0 aliphatic heterocycles. The molecule has 0 saturated carbocycles. The molecule has 33 heavy (non-hydrogen) atoms. The molecule has 1 amide bonds. The van der Waals surface area contributed by atoms with Crippen LogP contribution in [0.1, 0.15) is 62.0 Å². The van der Waals surface area contributed by atoms with Crippen molar-refractivity contribution in [1.29, 1.82) is 0 Å². The molecule has 0 aromatic heterocycles. The number of nitrogens with one attached hydrogen (secondary N) is 1. The molecule has 0 radical (unpaired) electrons. The molecule has 182 valence electrons. The Labute approximate surface area is 195 Å². The summed E-state index contributed by atoms with van der Waals surface area (Å²) in [5, 5.41) is 13.0. The Morgan fingerprint density at radius 1 is 1.15 bits per heavy atom. The summed E-state index contributed by atoms with van der Waals surface area (Å²) in [5.74, 6) is -0.906. The van der Waals surface area contributed by atoms with Gasteiger partial charge in [0.05, 0.1) is 28.3 Å². The third-order valence-electron chi connectivity index (χ3n) is 4.94. The summed E-state index contributed by atoms with van der Waals surface area (Å²) in [6, 6.07) is 3.91. The molecular weight excluding hydrogens is 483 g/mol. The van der Waals surface area contributed by atoms with Gasteiger partial charge in [0.15, 0.2) is 0 Å². The number of halogens is 4. The zero-order valence-electron chi connectivity index (χ0n) is 18.9. The summed E-state index contributed by atoms with van der Waals surface area (Å²) in [5.41, 5.74) is -5.37. The molecule has 0 fully saturated rings. The second-order valence-corrected chi connectivity index (χ2v) is 11.1. The molecule has 2 aromatic carbocycles. The minimum Gasteiger partial charge on any atom is -0.507 e. The summed E-state index contributed by atoms with van der Waals surface area (Å²) in [6.45, 7) is 9.13. The van der Waals surface area contributed by atoms with E-state index in [1.807, 2.05) is 20.8 Å². The van der Waals surface area contributed by atoms with Crippen LogP contribution in [0.15, 0.2) is 29.2 Å². The van der Waals surface area contributed by atoms with Gasteiger partial charge in [-0.05, 0) is 35.6 Å². The quantitative estimate of drug-likeness (QED) is 0.516. The molecule has 2 rings (SSSR count). The van der Waals surface area contributed by atoms with E-state index in [1.54, 1.807) is 19.9 Å². The molecule has 0 spiro atoms. The summed E-state index contributed by atoms with van der Waals surface area (Å²) in [7, 11) is -4.17. The fourth-order valence-corrected chi connectivity index (χ4v) is 4.37. The molecule has 11 heteroatoms. The van der Waals surface area contributed by atoms with E-state index in [2.05, 4.69) is 5.32 Å². The number of phenolic OH excluding ortho intramolecular Hbond substituents is 1. The van der Waals surface area contributed by atoms with E-state index in [9.17, 15) is 31.5 Å². The summed E-state index contributed by atoms with van der Waals surface area (Å²) < 4.78 is 67.1. The minimum atomic E-state index is -5.61. The van der Waals surface area contributed by atoms with Gasteiger partial charge in [-0.2, -0.15) is 13.2 Å². The lowest BCUT2D eigenvalue weighted by molar-refractivity contribution is -0.0436. The average Bonchev–Trinajstić information content (AvgIpc) is 2.66. The number of sulfone groups is 1. The van der Waals surface area contributed by atoms with E-state index >= 15 is 0 Å². The van der Waals surface area contributed by atoms with Gasteiger partial charge in [0.1, 0.15) is 11.5 Å². The first-order valence-corrected chi connectivity index (χ1v) is 11.7. The molecule has 2 N–H and O–H groups in total. The Kier molecular flexibility index (Phi) is 7.35. The number of phenols is 1. The molecule has 0 atom stereocenters. The second kappa shape index (κ2) is 9.06. The van der Waals surface area contributed by atoms with Crippen molar-refractivity contribution in [2.45, 2.75) is 56.4 Å². The van der Waals surface area contributed by atoms with Gasteiger partial charge >= 0.3 is 5.51 Å². The van der Waals surface area contributed by atoms with Crippen LogP contribution in [-0.2, 0) is 15.3 Å². The van der Waals surface area contributed by atoms with Crippen molar-refractivity contribution < 1.29 is 36.2 Å². The van der Waals surface area contributed by atoms with Gasteiger partial charge < -0.3 is 15.2 Å². The largest absolute Gasteiger partial charge is 0.507 e. The van der Waals surface area contributed by atoms with Crippen LogP contribution in [0.2, 0.25) is 5.02 Å². The highest BCUT2D eigenvalue weighted by Crippen LogP contribution is 2.43. The molecule has 2 aromatic rings. The van der Waals surface area contributed by atoms with Crippen LogP contribution < -0.4 is 10.1 Å². The fourth-order valence-electron chi connectivity index (χ4n) is 3.29. The Hall–Kier alpha value is -2.46. The number of anilines is 1. The smallest absolute Gasteiger partial charge is 0.501 e. The first kappa shape index (κ1) is 26.8. The molecular formula is C22H25ClF3NO5S. The molecule has 0 unspecified atom stereocenters. The average molecular weight is 508 g/mol. The molecule has 0 aliphatic carbocycles. The van der Waals surface area contributed by atoms with Gasteiger partial charge in [0.2, 0.25) is 0 Å². The third kappa shape index (κ3) is 5.22. The van der Waals surface area contributed by atoms with Gasteiger partial charge in [0, 0.05) is 11.1 Å². The summed E-state index contributed by atoms with van der Waals surface area (Å²) in [6.07, 6.45) is 0. The van der Waals surface area contributed by atoms with Crippen LogP contribution in [0.3, 0.4) is 0 Å². The number of carbonyl (C=O) groups excluding carboxylic acids is 1. The number of alkyl halides is 3. The predicted octanol–water partition coefficient (Wildman–Crippen LogP) is 6.02. The van der Waals surface area contributed by atoms with Crippen molar-refractivity contribution >= 4 is 33.0 Å². The maximum absolute atomic E-state index is 13.2. The molecule has 0 bridgehead atoms. The number of rotatable bonds is 5. The van der Waals surface area contributed by atoms with Gasteiger partial charge in [-0.15, -0.1) is 0 Å². The maximum atomic E-state index is 13.2. The highest BCUT2D eigenvalue weighted by molar-refractivity contribution is 7.92. The Morgan fingerprint density at radius 3 is 2.15 bits per heavy atom. The number of ether oxygens (including phenoxy) is 1. The highest BCUT2D eigenvalue weighted by atomic mass is 35.5. The molecule has 6 nitrogen and oxygen atoms in total. The number of carbonyl (C=O) groups is 1. The monoisotopic (exact) mass is 507 g/mol. The Bertz CT molecular complexity index is 1190. The summed E-state index contributed by atoms with van der Waals surface area (Å²) >= 11 is 5.99. The predicted molar refractivity (Wildman–Crippen MR) is 120 cm³/mol. The van der Waals surface area contributed by atoms with E-state index in [0.717, 1.165) is 6.07 Å². The van der Waals surface area contributed by atoms with Gasteiger partial charge in [-0.25, -0.2) is 8.42 Å². The lowest BCUT2D eigenvalue weighted by Gasteiger charge is -2.26. The van der Waals surface area contributed by atoms with Crippen molar-refractivity contribution in [2.75, 3.05) is 12.4 Å². The highest BCUT2D eigenvalue weighted by Gasteiger charge is 2.47. The number of amides is 1. The first-order chi connectivity index (χ1) is 14.9. The number of aromatic hydroxyl groups is 1. The van der Waals surface area contributed by atoms with Crippen LogP contribution in [0.5, 0.6) is 11.5 Å². The van der Waals surface area contributed by atoms with Crippen LogP contribution in [0.4, 0.5) is 18.9 Å². The van der Waals surface area contributed by atoms with Gasteiger partial charge in [0.25, 0.3) is 15.7 Å². The van der Waals surface area contributed by atoms with E-state index in [1.165, 1.54) is 7.11 Å². The minimum absolute atomic E-state index is 0.0719. The number of benzene rings is 2. The first-order valence-electron chi connectivity index (χ1n) is 9.80. The van der Waals surface area contributed by atoms with E-state index in [0.29, 0.717) is 29.0 Å². The Balaban J connectivity index is 2.61. The van der Waals surface area contributed by atoms with Crippen LogP contribution in [0, 0.1) is 0 Å². The van der Waals surface area contributed by atoms with Crippen LogP contribution in [0.25, 0.3) is 0 Å². The zero-order chi connectivity index (χ0) is 25.5. The number of methoxy groups -OCH3 is 1. The van der Waals surface area contributed by atoms with Crippen molar-refractivity contribution in [1.82, 2.24) is 0 Å². The number of hydrogen-bond acceptors (Lipinski definition) is 5. The topological polar surface area (TPSA) is 92.7 Å². The normalized spacial score (nSPS) is 12.7. The SMILES string of the molecule is COc1cc(C(C)(C)C)c(O)c(C(=O)Nc2ccc(S(=O)(=O)C(F)(F)F)cc2Cl)c1C(C)C. The lowest BCUT2D eigenvalue weighted by Crippen LogP contribution is -2.23. The molecule has 0 saturated heterocycles. The zero-order valence-corrected chi connectivity index (χ0v) is 20.5. The second-order valence-electron chi connectivity index (χ2n) is 8.71. The van der Waals surface area contributed by atoms with Gasteiger partial charge in [-0.3, -0.25) is 4.79 Å². The standard InChI is InChI=1S/C22H25ClF3NO5S/c1-11(2)17-16(32-6)10-13(21(3,4)5)19(28)18(17)20(29)27-15-8-7-12(9-14(15)23)33(30,31)22(24,25)26/h7-11,28H,1-6H3,(H,27,29). The van der Waals surface area contributed by atoms with Gasteiger partial charge in [-0.1, -0.05) is 46.2 Å². The number of hydrogen-bond donors (Lipinski definition) is 2. The third-order valence-corrected chi connectivity index (χ3v) is 6.73. The van der Waals surface area contributed by atoms with Crippen molar-refractivity contribution in [3.63, 3.8) is 0 Å². The maximum Gasteiger partial charge on any atom is 0.501 e. The molecule has 0 aliphatic rings. The van der Waals surface area contributed by atoms with E-state index in [-0.39, 0.29) is 22.9 Å². The van der Waals surface area contributed by atoms with Crippen molar-refractivity contribution in [2.24, 2.45) is 0 Å². The fraction of sp³-hybridized carbons (Fsp3) is 0.409. The lowest BCUT2D eigenvalue weighted by atomic mass is 9.82. The summed E-state index contributed by atoms with van der Waals surface area (Å²) in [4.78, 5) is 12.2. The van der Waals surface area contributed by atoms with Crippen LogP contribution in [-0.4, -0.2) is 32.0 Å². The van der Waals surface area contributed by atoms with E-state index in [4.69, 9.17) is 16.3 Å².